The number of rotatable bonds is 4. The number of benzene rings is 1. The minimum absolute atomic E-state index is 0.185. The third-order valence-electron chi connectivity index (χ3n) is 3.18. The molecule has 2 N–H and O–H groups in total. The summed E-state index contributed by atoms with van der Waals surface area (Å²) in [5.41, 5.74) is 0.508. The molecule has 0 spiro atoms. The quantitative estimate of drug-likeness (QED) is 0.888. The smallest absolute Gasteiger partial charge is 0.251 e. The van der Waals surface area contributed by atoms with Gasteiger partial charge in [-0.3, -0.25) is 4.79 Å². The van der Waals surface area contributed by atoms with Crippen LogP contribution in [-0.2, 0) is 6.54 Å². The number of aromatic nitrogens is 2. The van der Waals surface area contributed by atoms with E-state index in [-0.39, 0.29) is 5.56 Å². The molecule has 0 saturated carbocycles. The second kappa shape index (κ2) is 5.97. The third kappa shape index (κ3) is 3.05. The van der Waals surface area contributed by atoms with Crippen molar-refractivity contribution in [1.82, 2.24) is 15.3 Å². The van der Waals surface area contributed by atoms with Gasteiger partial charge in [-0.05, 0) is 18.7 Å². The topological polar surface area (TPSA) is 76.2 Å². The van der Waals surface area contributed by atoms with Crippen LogP contribution in [0.4, 0.5) is 0 Å². The van der Waals surface area contributed by atoms with Crippen LogP contribution in [0.25, 0.3) is 0 Å². The molecular formula is C15H17N3O3. The number of hydrogen-bond acceptors (Lipinski definition) is 5. The summed E-state index contributed by atoms with van der Waals surface area (Å²) in [5.74, 6) is 1.86. The Hall–Kier alpha value is -2.34. The summed E-state index contributed by atoms with van der Waals surface area (Å²) in [6, 6.07) is 8.94. The van der Waals surface area contributed by atoms with Crippen LogP contribution in [0.15, 0.2) is 35.1 Å². The summed E-state index contributed by atoms with van der Waals surface area (Å²) in [5, 5.41) is 3.15. The maximum absolute atomic E-state index is 11.7. The lowest BCUT2D eigenvalue weighted by atomic mass is 10.2. The van der Waals surface area contributed by atoms with Crippen LogP contribution < -0.4 is 20.3 Å². The molecule has 6 nitrogen and oxygen atoms in total. The van der Waals surface area contributed by atoms with Gasteiger partial charge in [-0.15, -0.1) is 0 Å². The highest BCUT2D eigenvalue weighted by Crippen LogP contribution is 2.34. The Labute approximate surface area is 122 Å². The van der Waals surface area contributed by atoms with Crippen LogP contribution in [0, 0.1) is 0 Å². The second-order valence-corrected chi connectivity index (χ2v) is 4.77. The highest BCUT2D eigenvalue weighted by molar-refractivity contribution is 5.41. The van der Waals surface area contributed by atoms with Gasteiger partial charge in [0.25, 0.3) is 5.56 Å². The fourth-order valence-corrected chi connectivity index (χ4v) is 2.18. The average Bonchev–Trinajstić information content (AvgIpc) is 2.52. The molecule has 1 aliphatic heterocycles. The molecule has 6 heteroatoms. The molecule has 0 saturated heterocycles. The zero-order chi connectivity index (χ0) is 14.7. The van der Waals surface area contributed by atoms with Gasteiger partial charge >= 0.3 is 0 Å². The minimum atomic E-state index is -0.408. The van der Waals surface area contributed by atoms with Crippen molar-refractivity contribution in [1.29, 1.82) is 0 Å². The lowest BCUT2D eigenvalue weighted by Crippen LogP contribution is -2.27. The molecule has 0 aliphatic carbocycles. The van der Waals surface area contributed by atoms with Crippen LogP contribution in [0.2, 0.25) is 0 Å². The van der Waals surface area contributed by atoms with Gasteiger partial charge in [0.2, 0.25) is 0 Å². The second-order valence-electron chi connectivity index (χ2n) is 4.77. The number of nitrogens with one attached hydrogen (secondary N) is 2. The molecule has 0 fully saturated rings. The molecule has 1 atom stereocenters. The summed E-state index contributed by atoms with van der Waals surface area (Å²) in [6.45, 7) is 3.70. The van der Waals surface area contributed by atoms with Gasteiger partial charge in [0.05, 0.1) is 5.69 Å². The number of aromatic amines is 1. The van der Waals surface area contributed by atoms with E-state index in [4.69, 9.17) is 9.47 Å². The molecule has 0 bridgehead atoms. The average molecular weight is 287 g/mol. The van der Waals surface area contributed by atoms with Gasteiger partial charge in [0.1, 0.15) is 6.61 Å². The van der Waals surface area contributed by atoms with E-state index in [2.05, 4.69) is 15.3 Å². The maximum atomic E-state index is 11.7. The van der Waals surface area contributed by atoms with Crippen LogP contribution >= 0.6 is 0 Å². The Balaban J connectivity index is 1.84. The molecule has 2 aromatic rings. The predicted molar refractivity (Wildman–Crippen MR) is 77.5 cm³/mol. The summed E-state index contributed by atoms with van der Waals surface area (Å²) in [7, 11) is 0. The van der Waals surface area contributed by atoms with E-state index in [1.54, 1.807) is 0 Å². The first-order chi connectivity index (χ1) is 10.3. The van der Waals surface area contributed by atoms with E-state index in [9.17, 15) is 4.79 Å². The Morgan fingerprint density at radius 3 is 3.00 bits per heavy atom. The van der Waals surface area contributed by atoms with Crippen molar-refractivity contribution in [2.75, 3.05) is 13.2 Å². The molecule has 1 aromatic carbocycles. The van der Waals surface area contributed by atoms with Gasteiger partial charge in [-0.1, -0.05) is 19.1 Å². The van der Waals surface area contributed by atoms with Gasteiger partial charge in [-0.2, -0.15) is 0 Å². The first-order valence-corrected chi connectivity index (χ1v) is 6.95. The van der Waals surface area contributed by atoms with E-state index in [1.165, 1.54) is 6.07 Å². The molecule has 1 aromatic heterocycles. The Bertz CT molecular complexity index is 684. The summed E-state index contributed by atoms with van der Waals surface area (Å²) >= 11 is 0. The molecular weight excluding hydrogens is 270 g/mol. The van der Waals surface area contributed by atoms with Crippen molar-refractivity contribution < 1.29 is 9.47 Å². The number of para-hydroxylation sites is 2. The summed E-state index contributed by atoms with van der Waals surface area (Å²) in [6.07, 6.45) is -0.408. The lowest BCUT2D eigenvalue weighted by Gasteiger charge is -2.25. The van der Waals surface area contributed by atoms with E-state index >= 15 is 0 Å². The summed E-state index contributed by atoms with van der Waals surface area (Å²) in [4.78, 5) is 18.9. The minimum Gasteiger partial charge on any atom is -0.485 e. The number of ether oxygens (including phenoxy) is 2. The molecule has 1 aliphatic rings. The molecule has 21 heavy (non-hydrogen) atoms. The van der Waals surface area contributed by atoms with Crippen molar-refractivity contribution in [2.24, 2.45) is 0 Å². The monoisotopic (exact) mass is 287 g/mol. The SMILES string of the molecule is CCNCc1cc(=O)[nH]c(C2COc3ccccc3O2)n1. The van der Waals surface area contributed by atoms with Crippen molar-refractivity contribution in [2.45, 2.75) is 19.6 Å². The first kappa shape index (κ1) is 13.6. The van der Waals surface area contributed by atoms with Gasteiger partial charge in [-0.25, -0.2) is 4.98 Å². The van der Waals surface area contributed by atoms with Gasteiger partial charge < -0.3 is 19.8 Å². The zero-order valence-corrected chi connectivity index (χ0v) is 11.8. The lowest BCUT2D eigenvalue weighted by molar-refractivity contribution is 0.0847. The molecule has 2 heterocycles. The largest absolute Gasteiger partial charge is 0.485 e. The molecule has 1 unspecified atom stereocenters. The number of H-pyrrole nitrogens is 1. The van der Waals surface area contributed by atoms with Crippen LogP contribution in [0.5, 0.6) is 11.5 Å². The molecule has 110 valence electrons. The van der Waals surface area contributed by atoms with Crippen LogP contribution in [0.3, 0.4) is 0 Å². The van der Waals surface area contributed by atoms with E-state index in [0.29, 0.717) is 36.2 Å². The normalized spacial score (nSPS) is 16.7. The van der Waals surface area contributed by atoms with E-state index in [1.807, 2.05) is 31.2 Å². The first-order valence-electron chi connectivity index (χ1n) is 6.95. The van der Waals surface area contributed by atoms with Crippen molar-refractivity contribution in [3.63, 3.8) is 0 Å². The van der Waals surface area contributed by atoms with Gasteiger partial charge in [0.15, 0.2) is 23.4 Å². The van der Waals surface area contributed by atoms with Crippen molar-refractivity contribution in [3.8, 4) is 11.5 Å². The van der Waals surface area contributed by atoms with Crippen molar-refractivity contribution in [3.05, 3.63) is 52.2 Å². The van der Waals surface area contributed by atoms with Crippen molar-refractivity contribution >= 4 is 0 Å². The van der Waals surface area contributed by atoms with Crippen LogP contribution in [-0.4, -0.2) is 23.1 Å². The van der Waals surface area contributed by atoms with E-state index < -0.39 is 6.10 Å². The summed E-state index contributed by atoms with van der Waals surface area (Å²) < 4.78 is 11.5. The number of fused-ring (bicyclic) bond motifs is 1. The zero-order valence-electron chi connectivity index (χ0n) is 11.8. The maximum Gasteiger partial charge on any atom is 0.251 e. The van der Waals surface area contributed by atoms with Gasteiger partial charge in [0, 0.05) is 12.6 Å². The molecule has 3 rings (SSSR count). The fourth-order valence-electron chi connectivity index (χ4n) is 2.18. The number of nitrogens with zero attached hydrogens (tertiary/aromatic N) is 1. The highest BCUT2D eigenvalue weighted by atomic mass is 16.6. The van der Waals surface area contributed by atoms with E-state index in [0.717, 1.165) is 6.54 Å². The number of hydrogen-bond donors (Lipinski definition) is 2. The third-order valence-corrected chi connectivity index (χ3v) is 3.18. The predicted octanol–water partition coefficient (Wildman–Crippen LogP) is 1.39. The molecule has 0 radical (unpaired) electrons. The Morgan fingerprint density at radius 1 is 1.38 bits per heavy atom. The highest BCUT2D eigenvalue weighted by Gasteiger charge is 2.24. The Morgan fingerprint density at radius 2 is 2.19 bits per heavy atom. The fraction of sp³-hybridized carbons (Fsp3) is 0.333. The standard InChI is InChI=1S/C15H17N3O3/c1-2-16-8-10-7-14(19)18-15(17-10)13-9-20-11-5-3-4-6-12(11)21-13/h3-7,13,16H,2,8-9H2,1H3,(H,17,18,19). The molecule has 0 amide bonds. The van der Waals surface area contributed by atoms with Crippen LogP contribution in [0.1, 0.15) is 24.5 Å². The Kier molecular flexibility index (Phi) is 3.87.